The maximum atomic E-state index is 13.0. The lowest BCUT2D eigenvalue weighted by Crippen LogP contribution is -2.29. The van der Waals surface area contributed by atoms with Gasteiger partial charge in [0.2, 0.25) is 0 Å². The van der Waals surface area contributed by atoms with Crippen LogP contribution in [-0.4, -0.2) is 28.4 Å². The van der Waals surface area contributed by atoms with E-state index >= 15 is 0 Å². The van der Waals surface area contributed by atoms with Gasteiger partial charge in [0.05, 0.1) is 10.4 Å². The third-order valence-electron chi connectivity index (χ3n) is 4.20. The number of halogens is 2. The summed E-state index contributed by atoms with van der Waals surface area (Å²) in [4.78, 5) is 27.6. The highest BCUT2D eigenvalue weighted by atomic mass is 35.5. The molecule has 1 aromatic carbocycles. The zero-order valence-corrected chi connectivity index (χ0v) is 14.2. The number of carboxylic acids is 1. The van der Waals surface area contributed by atoms with Crippen molar-refractivity contribution in [2.24, 2.45) is 0 Å². The Morgan fingerprint density at radius 2 is 2.00 bits per heavy atom. The number of fused-ring (bicyclic) bond motifs is 1. The number of benzene rings is 1. The van der Waals surface area contributed by atoms with E-state index in [1.165, 1.54) is 0 Å². The Balaban J connectivity index is 2.05. The summed E-state index contributed by atoms with van der Waals surface area (Å²) >= 11 is 12.4. The SMILES string of the molecule is CC1(c2ccncc2)Cc2cc(OCC(=O)O)c(Cl)c(Cl)c2C1=O. The number of carboxylic acid groups (broad SMARTS) is 1. The predicted octanol–water partition coefficient (Wildman–Crippen LogP) is 3.55. The first-order valence-corrected chi connectivity index (χ1v) is 7.91. The number of aliphatic carboxylic acids is 1. The Morgan fingerprint density at radius 3 is 2.62 bits per heavy atom. The molecule has 0 saturated heterocycles. The average molecular weight is 366 g/mol. The standard InChI is InChI=1S/C17H13Cl2NO4/c1-17(10-2-4-20-5-3-10)7-9-6-11(24-8-12(21)22)14(18)15(19)13(9)16(17)23/h2-6H,7-8H2,1H3,(H,21,22). The van der Waals surface area contributed by atoms with Gasteiger partial charge < -0.3 is 9.84 Å². The topological polar surface area (TPSA) is 76.5 Å². The van der Waals surface area contributed by atoms with Gasteiger partial charge in [0.15, 0.2) is 12.4 Å². The van der Waals surface area contributed by atoms with Gasteiger partial charge in [-0.25, -0.2) is 4.79 Å². The zero-order chi connectivity index (χ0) is 17.5. The number of aromatic nitrogens is 1. The van der Waals surface area contributed by atoms with Crippen LogP contribution >= 0.6 is 23.2 Å². The maximum absolute atomic E-state index is 13.0. The van der Waals surface area contributed by atoms with Crippen LogP contribution in [0.2, 0.25) is 10.0 Å². The number of nitrogens with zero attached hydrogens (tertiary/aromatic N) is 1. The predicted molar refractivity (Wildman–Crippen MR) is 89.2 cm³/mol. The van der Waals surface area contributed by atoms with Crippen LogP contribution in [0.5, 0.6) is 5.75 Å². The number of Topliss-reactive ketones (excluding diaryl/α,β-unsaturated/α-hetero) is 1. The average Bonchev–Trinajstić information content (AvgIpc) is 2.82. The Kier molecular flexibility index (Phi) is 4.24. The van der Waals surface area contributed by atoms with Crippen molar-refractivity contribution < 1.29 is 19.4 Å². The molecule has 7 heteroatoms. The largest absolute Gasteiger partial charge is 0.480 e. The highest BCUT2D eigenvalue weighted by Gasteiger charge is 2.45. The van der Waals surface area contributed by atoms with Crippen LogP contribution < -0.4 is 4.74 Å². The Morgan fingerprint density at radius 1 is 1.33 bits per heavy atom. The number of pyridine rings is 1. The van der Waals surface area contributed by atoms with E-state index < -0.39 is 18.0 Å². The summed E-state index contributed by atoms with van der Waals surface area (Å²) in [6, 6.07) is 5.18. The van der Waals surface area contributed by atoms with Crippen LogP contribution in [0.15, 0.2) is 30.6 Å². The van der Waals surface area contributed by atoms with Crippen molar-refractivity contribution in [3.05, 3.63) is 57.3 Å². The Labute approximate surface area is 148 Å². The van der Waals surface area contributed by atoms with Gasteiger partial charge in [-0.15, -0.1) is 0 Å². The second kappa shape index (κ2) is 6.07. The minimum atomic E-state index is -1.12. The molecule has 0 saturated carbocycles. The molecule has 3 rings (SSSR count). The first kappa shape index (κ1) is 16.7. The molecule has 0 aliphatic heterocycles. The lowest BCUT2D eigenvalue weighted by atomic mass is 9.79. The van der Waals surface area contributed by atoms with Crippen LogP contribution in [0.4, 0.5) is 0 Å². The second-order valence-electron chi connectivity index (χ2n) is 5.79. The number of carbonyl (C=O) groups excluding carboxylic acids is 1. The number of rotatable bonds is 4. The van der Waals surface area contributed by atoms with Crippen molar-refractivity contribution in [1.29, 1.82) is 0 Å². The third-order valence-corrected chi connectivity index (χ3v) is 5.05. The molecule has 1 N–H and O–H groups in total. The summed E-state index contributed by atoms with van der Waals surface area (Å²) in [5.74, 6) is -1.09. The number of hydrogen-bond acceptors (Lipinski definition) is 4. The lowest BCUT2D eigenvalue weighted by Gasteiger charge is -2.22. The molecular weight excluding hydrogens is 353 g/mol. The van der Waals surface area contributed by atoms with Crippen molar-refractivity contribution in [3.63, 3.8) is 0 Å². The van der Waals surface area contributed by atoms with Crippen LogP contribution in [0.1, 0.15) is 28.4 Å². The molecule has 1 aliphatic carbocycles. The van der Waals surface area contributed by atoms with E-state index in [1.54, 1.807) is 30.6 Å². The van der Waals surface area contributed by atoms with Crippen molar-refractivity contribution in [2.75, 3.05) is 6.61 Å². The fraction of sp³-hybridized carbons (Fsp3) is 0.235. The number of carbonyl (C=O) groups is 2. The molecule has 1 unspecified atom stereocenters. The zero-order valence-electron chi connectivity index (χ0n) is 12.7. The number of ketones is 1. The van der Waals surface area contributed by atoms with Gasteiger partial charge in [0.1, 0.15) is 10.8 Å². The fourth-order valence-electron chi connectivity index (χ4n) is 2.97. The van der Waals surface area contributed by atoms with Gasteiger partial charge in [0, 0.05) is 18.0 Å². The molecular formula is C17H13Cl2NO4. The van der Waals surface area contributed by atoms with E-state index in [4.69, 9.17) is 33.0 Å². The summed E-state index contributed by atoms with van der Waals surface area (Å²) in [5, 5.41) is 8.88. The van der Waals surface area contributed by atoms with Crippen LogP contribution in [0.3, 0.4) is 0 Å². The Hall–Kier alpha value is -2.11. The first-order chi connectivity index (χ1) is 11.3. The highest BCUT2D eigenvalue weighted by Crippen LogP contribution is 2.47. The molecule has 1 atom stereocenters. The molecule has 1 aliphatic rings. The van der Waals surface area contributed by atoms with Crippen molar-refractivity contribution in [2.45, 2.75) is 18.8 Å². The third kappa shape index (κ3) is 2.64. The van der Waals surface area contributed by atoms with Gasteiger partial charge in [-0.1, -0.05) is 23.2 Å². The van der Waals surface area contributed by atoms with Gasteiger partial charge in [-0.3, -0.25) is 9.78 Å². The number of ether oxygens (including phenoxy) is 1. The van der Waals surface area contributed by atoms with Crippen LogP contribution in [0, 0.1) is 0 Å². The minimum absolute atomic E-state index is 0.0454. The monoisotopic (exact) mass is 365 g/mol. The Bertz CT molecular complexity index is 838. The van der Waals surface area contributed by atoms with Gasteiger partial charge in [-0.2, -0.15) is 0 Å². The van der Waals surface area contributed by atoms with E-state index in [0.717, 1.165) is 5.56 Å². The lowest BCUT2D eigenvalue weighted by molar-refractivity contribution is -0.139. The molecule has 0 amide bonds. The van der Waals surface area contributed by atoms with E-state index in [2.05, 4.69) is 4.98 Å². The molecule has 1 heterocycles. The molecule has 0 fully saturated rings. The summed E-state index contributed by atoms with van der Waals surface area (Å²) in [5.41, 5.74) is 1.11. The molecule has 1 aromatic heterocycles. The molecule has 24 heavy (non-hydrogen) atoms. The van der Waals surface area contributed by atoms with Gasteiger partial charge in [0.25, 0.3) is 0 Å². The molecule has 5 nitrogen and oxygen atoms in total. The van der Waals surface area contributed by atoms with Gasteiger partial charge >= 0.3 is 5.97 Å². The number of hydrogen-bond donors (Lipinski definition) is 1. The van der Waals surface area contributed by atoms with Crippen molar-refractivity contribution in [1.82, 2.24) is 4.98 Å². The van der Waals surface area contributed by atoms with Crippen LogP contribution in [0.25, 0.3) is 0 Å². The fourth-order valence-corrected chi connectivity index (χ4v) is 3.48. The summed E-state index contributed by atoms with van der Waals surface area (Å²) in [6.07, 6.45) is 3.69. The highest BCUT2D eigenvalue weighted by molar-refractivity contribution is 6.45. The molecule has 0 spiro atoms. The molecule has 0 bridgehead atoms. The van der Waals surface area contributed by atoms with Crippen molar-refractivity contribution in [3.8, 4) is 5.75 Å². The first-order valence-electron chi connectivity index (χ1n) is 7.15. The smallest absolute Gasteiger partial charge is 0.341 e. The second-order valence-corrected chi connectivity index (χ2v) is 6.55. The molecule has 0 radical (unpaired) electrons. The van der Waals surface area contributed by atoms with E-state index in [-0.39, 0.29) is 21.6 Å². The van der Waals surface area contributed by atoms with E-state index in [0.29, 0.717) is 17.5 Å². The summed E-state index contributed by atoms with van der Waals surface area (Å²) in [7, 11) is 0. The minimum Gasteiger partial charge on any atom is -0.480 e. The maximum Gasteiger partial charge on any atom is 0.341 e. The van der Waals surface area contributed by atoms with E-state index in [9.17, 15) is 9.59 Å². The van der Waals surface area contributed by atoms with Crippen molar-refractivity contribution >= 4 is 35.0 Å². The van der Waals surface area contributed by atoms with Gasteiger partial charge in [-0.05, 0) is 42.7 Å². The summed E-state index contributed by atoms with van der Waals surface area (Å²) in [6.45, 7) is 1.30. The quantitative estimate of drug-likeness (QED) is 0.896. The van der Waals surface area contributed by atoms with Crippen LogP contribution in [-0.2, 0) is 16.6 Å². The summed E-state index contributed by atoms with van der Waals surface area (Å²) < 4.78 is 5.18. The molecule has 124 valence electrons. The van der Waals surface area contributed by atoms with E-state index in [1.807, 2.05) is 6.92 Å². The normalized spacial score (nSPS) is 19.2. The molecule has 2 aromatic rings.